The summed E-state index contributed by atoms with van der Waals surface area (Å²) in [6.07, 6.45) is 0.613. The van der Waals surface area contributed by atoms with Crippen LogP contribution in [-0.4, -0.2) is 32.3 Å². The largest absolute Gasteiger partial charge is 0.382 e. The van der Waals surface area contributed by atoms with Crippen molar-refractivity contribution in [2.24, 2.45) is 5.73 Å². The van der Waals surface area contributed by atoms with Crippen molar-refractivity contribution >= 4 is 5.91 Å². The van der Waals surface area contributed by atoms with E-state index in [2.05, 4.69) is 5.48 Å². The molecule has 0 fully saturated rings. The maximum absolute atomic E-state index is 10.6. The summed E-state index contributed by atoms with van der Waals surface area (Å²) in [6.45, 7) is 2.74. The van der Waals surface area contributed by atoms with Crippen molar-refractivity contribution in [3.8, 4) is 0 Å². The second kappa shape index (κ2) is 7.02. The van der Waals surface area contributed by atoms with Gasteiger partial charge in [0.25, 0.3) is 0 Å². The van der Waals surface area contributed by atoms with E-state index in [1.165, 1.54) is 0 Å². The van der Waals surface area contributed by atoms with E-state index in [4.69, 9.17) is 15.3 Å². The zero-order chi connectivity index (χ0) is 9.40. The molecule has 3 N–H and O–H groups in total. The van der Waals surface area contributed by atoms with Crippen LogP contribution in [0, 0.1) is 0 Å². The lowest BCUT2D eigenvalue weighted by Crippen LogP contribution is -2.41. The van der Waals surface area contributed by atoms with Crippen LogP contribution < -0.4 is 11.2 Å². The van der Waals surface area contributed by atoms with Crippen LogP contribution >= 0.6 is 0 Å². The standard InChI is InChI=1S/C7H16N2O3/c1-3-6(7(8)10)9-12-5-4-11-2/h6,9H,3-5H2,1-2H3,(H2,8,10). The second-order valence-corrected chi connectivity index (χ2v) is 2.32. The molecule has 0 aliphatic rings. The normalized spacial score (nSPS) is 12.8. The van der Waals surface area contributed by atoms with Gasteiger partial charge in [-0.15, -0.1) is 0 Å². The van der Waals surface area contributed by atoms with Gasteiger partial charge >= 0.3 is 0 Å². The van der Waals surface area contributed by atoms with Gasteiger partial charge in [-0.1, -0.05) is 6.92 Å². The Labute approximate surface area is 72.2 Å². The van der Waals surface area contributed by atoms with Crippen LogP contribution in [0.5, 0.6) is 0 Å². The molecule has 72 valence electrons. The molecule has 0 bridgehead atoms. The summed E-state index contributed by atoms with van der Waals surface area (Å²) in [6, 6.07) is -0.415. The van der Waals surface area contributed by atoms with E-state index >= 15 is 0 Å². The van der Waals surface area contributed by atoms with E-state index in [0.717, 1.165) is 0 Å². The van der Waals surface area contributed by atoms with Crippen molar-refractivity contribution in [3.05, 3.63) is 0 Å². The molecule has 1 atom stereocenters. The minimum Gasteiger partial charge on any atom is -0.382 e. The first-order valence-electron chi connectivity index (χ1n) is 3.88. The summed E-state index contributed by atoms with van der Waals surface area (Å²) in [7, 11) is 1.58. The van der Waals surface area contributed by atoms with Crippen molar-refractivity contribution in [2.45, 2.75) is 19.4 Å². The lowest BCUT2D eigenvalue weighted by atomic mass is 10.2. The van der Waals surface area contributed by atoms with E-state index in [0.29, 0.717) is 19.6 Å². The zero-order valence-electron chi connectivity index (χ0n) is 7.50. The second-order valence-electron chi connectivity index (χ2n) is 2.32. The Bertz CT molecular complexity index is 130. The van der Waals surface area contributed by atoms with Crippen LogP contribution in [0.2, 0.25) is 0 Å². The molecule has 0 aromatic rings. The van der Waals surface area contributed by atoms with E-state index in [1.54, 1.807) is 7.11 Å². The number of amides is 1. The fraction of sp³-hybridized carbons (Fsp3) is 0.857. The van der Waals surface area contributed by atoms with Crippen LogP contribution in [-0.2, 0) is 14.4 Å². The summed E-state index contributed by atoms with van der Waals surface area (Å²) in [5.74, 6) is -0.407. The molecule has 0 heterocycles. The summed E-state index contributed by atoms with van der Waals surface area (Å²) in [4.78, 5) is 15.6. The Balaban J connectivity index is 3.38. The van der Waals surface area contributed by atoms with Gasteiger partial charge in [0.05, 0.1) is 13.2 Å². The van der Waals surface area contributed by atoms with Crippen molar-refractivity contribution in [1.82, 2.24) is 5.48 Å². The molecule has 5 nitrogen and oxygen atoms in total. The van der Waals surface area contributed by atoms with Gasteiger partial charge in [0, 0.05) is 7.11 Å². The molecule has 0 aromatic heterocycles. The fourth-order valence-electron chi connectivity index (χ4n) is 0.627. The van der Waals surface area contributed by atoms with Gasteiger partial charge in [0.1, 0.15) is 6.04 Å². The highest BCUT2D eigenvalue weighted by atomic mass is 16.7. The number of hydrogen-bond donors (Lipinski definition) is 2. The average molecular weight is 176 g/mol. The highest BCUT2D eigenvalue weighted by Crippen LogP contribution is 1.88. The third-order valence-electron chi connectivity index (χ3n) is 1.37. The Morgan fingerprint density at radius 1 is 1.58 bits per heavy atom. The Hall–Kier alpha value is -0.650. The number of carbonyl (C=O) groups excluding carboxylic acids is 1. The summed E-state index contributed by atoms with van der Waals surface area (Å²) in [5.41, 5.74) is 7.60. The predicted octanol–water partition coefficient (Wildman–Crippen LogP) is -0.582. The fourth-order valence-corrected chi connectivity index (χ4v) is 0.627. The van der Waals surface area contributed by atoms with Crippen molar-refractivity contribution in [2.75, 3.05) is 20.3 Å². The predicted molar refractivity (Wildman–Crippen MR) is 44.2 cm³/mol. The molecule has 12 heavy (non-hydrogen) atoms. The number of hydroxylamine groups is 1. The summed E-state index contributed by atoms with van der Waals surface area (Å²) in [5, 5.41) is 0. The van der Waals surface area contributed by atoms with Crippen LogP contribution in [0.3, 0.4) is 0 Å². The lowest BCUT2D eigenvalue weighted by Gasteiger charge is -2.12. The van der Waals surface area contributed by atoms with Crippen LogP contribution in [0.1, 0.15) is 13.3 Å². The number of rotatable bonds is 7. The first-order valence-corrected chi connectivity index (χ1v) is 3.88. The van der Waals surface area contributed by atoms with E-state index in [1.807, 2.05) is 6.92 Å². The molecule has 0 rings (SSSR count). The van der Waals surface area contributed by atoms with E-state index < -0.39 is 11.9 Å². The quantitative estimate of drug-likeness (QED) is 0.402. The molecule has 1 unspecified atom stereocenters. The average Bonchev–Trinajstić information content (AvgIpc) is 2.04. The van der Waals surface area contributed by atoms with Crippen molar-refractivity contribution < 1.29 is 14.4 Å². The van der Waals surface area contributed by atoms with Crippen LogP contribution in [0.25, 0.3) is 0 Å². The molecule has 0 saturated heterocycles. The lowest BCUT2D eigenvalue weighted by molar-refractivity contribution is -0.124. The molecule has 0 aliphatic carbocycles. The summed E-state index contributed by atoms with van der Waals surface area (Å²) < 4.78 is 4.74. The molecule has 1 amide bonds. The molecular formula is C7H16N2O3. The molecule has 0 radical (unpaired) electrons. The van der Waals surface area contributed by atoms with Gasteiger partial charge < -0.3 is 10.5 Å². The minimum atomic E-state index is -0.415. The third kappa shape index (κ3) is 5.06. The maximum atomic E-state index is 10.6. The van der Waals surface area contributed by atoms with Crippen LogP contribution in [0.4, 0.5) is 0 Å². The minimum absolute atomic E-state index is 0.403. The SMILES string of the molecule is CCC(NOCCOC)C(N)=O. The Kier molecular flexibility index (Phi) is 6.64. The van der Waals surface area contributed by atoms with E-state index in [9.17, 15) is 4.79 Å². The molecule has 0 saturated carbocycles. The smallest absolute Gasteiger partial charge is 0.236 e. The number of carbonyl (C=O) groups is 1. The molecule has 0 spiro atoms. The number of primary amides is 1. The van der Waals surface area contributed by atoms with Crippen LogP contribution in [0.15, 0.2) is 0 Å². The highest BCUT2D eigenvalue weighted by molar-refractivity contribution is 5.79. The molecule has 0 aromatic carbocycles. The van der Waals surface area contributed by atoms with E-state index in [-0.39, 0.29) is 0 Å². The van der Waals surface area contributed by atoms with Crippen molar-refractivity contribution in [3.63, 3.8) is 0 Å². The first kappa shape index (κ1) is 11.4. The number of nitrogens with one attached hydrogen (secondary N) is 1. The van der Waals surface area contributed by atoms with Gasteiger partial charge in [-0.3, -0.25) is 9.63 Å². The third-order valence-corrected chi connectivity index (χ3v) is 1.37. The molecular weight excluding hydrogens is 160 g/mol. The van der Waals surface area contributed by atoms with Crippen molar-refractivity contribution in [1.29, 1.82) is 0 Å². The maximum Gasteiger partial charge on any atom is 0.236 e. The van der Waals surface area contributed by atoms with Gasteiger partial charge in [-0.05, 0) is 6.42 Å². The Morgan fingerprint density at radius 3 is 2.67 bits per heavy atom. The molecule has 5 heteroatoms. The topological polar surface area (TPSA) is 73.6 Å². The van der Waals surface area contributed by atoms with Gasteiger partial charge in [-0.25, -0.2) is 0 Å². The number of nitrogens with two attached hydrogens (primary N) is 1. The summed E-state index contributed by atoms with van der Waals surface area (Å²) >= 11 is 0. The highest BCUT2D eigenvalue weighted by Gasteiger charge is 2.11. The molecule has 0 aliphatic heterocycles. The monoisotopic (exact) mass is 176 g/mol. The van der Waals surface area contributed by atoms with Gasteiger partial charge in [0.2, 0.25) is 5.91 Å². The number of ether oxygens (including phenoxy) is 1. The van der Waals surface area contributed by atoms with Gasteiger partial charge in [-0.2, -0.15) is 5.48 Å². The first-order chi connectivity index (χ1) is 5.72. The van der Waals surface area contributed by atoms with Gasteiger partial charge in [0.15, 0.2) is 0 Å². The Morgan fingerprint density at radius 2 is 2.25 bits per heavy atom. The zero-order valence-corrected chi connectivity index (χ0v) is 7.50. The number of methoxy groups -OCH3 is 1. The number of hydrogen-bond acceptors (Lipinski definition) is 4.